The third-order valence-corrected chi connectivity index (χ3v) is 7.92. The number of ether oxygens (including phenoxy) is 3. The van der Waals surface area contributed by atoms with Gasteiger partial charge in [-0.25, -0.2) is 8.78 Å². The Balaban J connectivity index is 1.39. The van der Waals surface area contributed by atoms with Gasteiger partial charge in [-0.05, 0) is 63.4 Å². The van der Waals surface area contributed by atoms with Crippen LogP contribution in [0.15, 0.2) is 36.4 Å². The lowest BCUT2D eigenvalue weighted by Crippen LogP contribution is -2.71. The lowest BCUT2D eigenvalue weighted by Gasteiger charge is -2.57. The van der Waals surface area contributed by atoms with E-state index in [0.717, 1.165) is 12.1 Å². The highest BCUT2D eigenvalue weighted by molar-refractivity contribution is 6.31. The van der Waals surface area contributed by atoms with Crippen LogP contribution in [0.25, 0.3) is 0 Å². The van der Waals surface area contributed by atoms with E-state index in [2.05, 4.69) is 16.0 Å². The van der Waals surface area contributed by atoms with Gasteiger partial charge in [-0.1, -0.05) is 23.2 Å². The minimum atomic E-state index is -1.15. The monoisotopic (exact) mass is 601 g/mol. The highest BCUT2D eigenvalue weighted by atomic mass is 35.5. The van der Waals surface area contributed by atoms with Crippen LogP contribution in [0.1, 0.15) is 32.1 Å². The molecule has 2 bridgehead atoms. The zero-order valence-corrected chi connectivity index (χ0v) is 23.3. The third-order valence-electron chi connectivity index (χ3n) is 7.31. The van der Waals surface area contributed by atoms with Crippen LogP contribution in [0.4, 0.5) is 8.78 Å². The molecule has 1 unspecified atom stereocenters. The number of benzene rings is 2. The minimum absolute atomic E-state index is 0.0485. The molecule has 0 aliphatic heterocycles. The predicted molar refractivity (Wildman–Crippen MR) is 143 cm³/mol. The molecule has 4 N–H and O–H groups in total. The van der Waals surface area contributed by atoms with Crippen molar-refractivity contribution in [3.8, 4) is 11.5 Å². The summed E-state index contributed by atoms with van der Waals surface area (Å²) in [5, 5.41) is 19.2. The van der Waals surface area contributed by atoms with Crippen LogP contribution < -0.4 is 25.4 Å². The number of rotatable bonds is 12. The Bertz CT molecular complexity index is 1230. The second kappa shape index (κ2) is 12.9. The van der Waals surface area contributed by atoms with E-state index in [4.69, 9.17) is 37.4 Å². The van der Waals surface area contributed by atoms with E-state index in [1.54, 1.807) is 7.05 Å². The smallest absolute Gasteiger partial charge is 0.258 e. The largest absolute Gasteiger partial charge is 0.484 e. The van der Waals surface area contributed by atoms with Crippen LogP contribution in [0.5, 0.6) is 11.5 Å². The van der Waals surface area contributed by atoms with E-state index >= 15 is 0 Å². The normalized spacial score (nSPS) is 24.3. The Kier molecular flexibility index (Phi) is 9.73. The molecule has 0 spiro atoms. The van der Waals surface area contributed by atoms with Gasteiger partial charge in [0.1, 0.15) is 23.1 Å². The standard InChI is InChI=1S/C27H31Cl2F2N3O6/c1-32-13-25(37)40-22-12-26(33-23(35)14-38-16-2-4-18(28)20(30)10-16)6-8-27(22,9-7-26)34-24(36)15-39-17-3-5-19(29)21(31)11-17/h2-5,10-11,22,25,32,37H,6-9,12-15H2,1H3,(H,33,35)(H,34,36)/t22-,25?,26?,27?/m1/s1. The summed E-state index contributed by atoms with van der Waals surface area (Å²) in [5.41, 5.74) is -1.44. The Morgan fingerprint density at radius 2 is 1.48 bits per heavy atom. The molecule has 9 nitrogen and oxygen atoms in total. The quantitative estimate of drug-likeness (QED) is 0.276. The molecule has 3 fully saturated rings. The molecule has 13 heteroatoms. The molecule has 2 atom stereocenters. The van der Waals surface area contributed by atoms with Gasteiger partial charge in [-0.2, -0.15) is 0 Å². The predicted octanol–water partition coefficient (Wildman–Crippen LogP) is 3.34. The fourth-order valence-corrected chi connectivity index (χ4v) is 5.53. The number of carbonyl (C=O) groups excluding carboxylic acids is 2. The lowest BCUT2D eigenvalue weighted by molar-refractivity contribution is -0.192. The average molecular weight is 602 g/mol. The summed E-state index contributed by atoms with van der Waals surface area (Å²) < 4.78 is 44.2. The highest BCUT2D eigenvalue weighted by Crippen LogP contribution is 2.48. The van der Waals surface area contributed by atoms with Crippen molar-refractivity contribution in [2.75, 3.05) is 26.8 Å². The van der Waals surface area contributed by atoms with E-state index in [0.29, 0.717) is 32.1 Å². The zero-order valence-electron chi connectivity index (χ0n) is 21.8. The summed E-state index contributed by atoms with van der Waals surface area (Å²) in [4.78, 5) is 25.7. The van der Waals surface area contributed by atoms with Crippen molar-refractivity contribution in [2.24, 2.45) is 0 Å². The van der Waals surface area contributed by atoms with Crippen molar-refractivity contribution in [1.82, 2.24) is 16.0 Å². The summed E-state index contributed by atoms with van der Waals surface area (Å²) in [7, 11) is 1.67. The Labute approximate surface area is 240 Å². The molecule has 0 radical (unpaired) electrons. The second-order valence-electron chi connectivity index (χ2n) is 10.1. The van der Waals surface area contributed by atoms with Gasteiger partial charge in [0.2, 0.25) is 0 Å². The van der Waals surface area contributed by atoms with Gasteiger partial charge >= 0.3 is 0 Å². The van der Waals surface area contributed by atoms with Crippen molar-refractivity contribution in [3.05, 3.63) is 58.1 Å². The number of aliphatic hydroxyl groups excluding tert-OH is 1. The van der Waals surface area contributed by atoms with Crippen molar-refractivity contribution >= 4 is 35.0 Å². The number of hydrogen-bond acceptors (Lipinski definition) is 7. The molecule has 0 aromatic heterocycles. The molecule has 3 aliphatic rings. The molecule has 40 heavy (non-hydrogen) atoms. The maximum atomic E-state index is 13.7. The molecule has 2 aromatic rings. The van der Waals surface area contributed by atoms with Crippen molar-refractivity contribution in [3.63, 3.8) is 0 Å². The number of carbonyl (C=O) groups is 2. The molecular formula is C27H31Cl2F2N3O6. The number of aliphatic hydroxyl groups is 1. The van der Waals surface area contributed by atoms with Gasteiger partial charge in [-0.15, -0.1) is 0 Å². The van der Waals surface area contributed by atoms with Crippen LogP contribution in [-0.4, -0.2) is 67.2 Å². The van der Waals surface area contributed by atoms with E-state index in [-0.39, 0.29) is 41.3 Å². The molecule has 0 heterocycles. The summed E-state index contributed by atoms with van der Waals surface area (Å²) >= 11 is 11.4. The number of amides is 2. The van der Waals surface area contributed by atoms with Gasteiger partial charge in [0.05, 0.1) is 21.7 Å². The number of fused-ring (bicyclic) bond motifs is 3. The Hall–Kier alpha value is -2.70. The molecule has 2 aromatic carbocycles. The number of hydrogen-bond donors (Lipinski definition) is 4. The first-order valence-electron chi connectivity index (χ1n) is 12.8. The average Bonchev–Trinajstić information content (AvgIpc) is 2.91. The fourth-order valence-electron chi connectivity index (χ4n) is 5.30. The molecule has 5 rings (SSSR count). The van der Waals surface area contributed by atoms with Gasteiger partial charge in [0.25, 0.3) is 11.8 Å². The first kappa shape index (κ1) is 30.3. The van der Waals surface area contributed by atoms with Crippen LogP contribution in [0.2, 0.25) is 10.0 Å². The summed E-state index contributed by atoms with van der Waals surface area (Å²) in [6.07, 6.45) is 0.580. The topological polar surface area (TPSA) is 118 Å². The number of nitrogens with one attached hydrogen (secondary N) is 3. The minimum Gasteiger partial charge on any atom is -0.484 e. The molecule has 3 saturated carbocycles. The third kappa shape index (κ3) is 7.32. The Morgan fingerprint density at radius 1 is 0.950 bits per heavy atom. The van der Waals surface area contributed by atoms with E-state index in [9.17, 15) is 23.5 Å². The Morgan fingerprint density at radius 3 is 1.98 bits per heavy atom. The maximum Gasteiger partial charge on any atom is 0.258 e. The van der Waals surface area contributed by atoms with Crippen LogP contribution in [0.3, 0.4) is 0 Å². The summed E-state index contributed by atoms with van der Waals surface area (Å²) in [6, 6.07) is 7.81. The van der Waals surface area contributed by atoms with Gasteiger partial charge in [0, 0.05) is 24.2 Å². The summed E-state index contributed by atoms with van der Waals surface area (Å²) in [6.45, 7) is -0.531. The summed E-state index contributed by atoms with van der Waals surface area (Å²) in [5.74, 6) is -1.82. The maximum absolute atomic E-state index is 13.7. The highest BCUT2D eigenvalue weighted by Gasteiger charge is 2.56. The van der Waals surface area contributed by atoms with E-state index in [1.807, 2.05) is 0 Å². The second-order valence-corrected chi connectivity index (χ2v) is 10.9. The molecular weight excluding hydrogens is 571 g/mol. The molecule has 0 saturated heterocycles. The number of likely N-dealkylation sites (N-methyl/N-ethyl adjacent to an activating group) is 1. The first-order valence-corrected chi connectivity index (χ1v) is 13.5. The van der Waals surface area contributed by atoms with Crippen molar-refractivity contribution in [2.45, 2.75) is 55.6 Å². The van der Waals surface area contributed by atoms with Gasteiger partial charge < -0.3 is 35.3 Å². The first-order chi connectivity index (χ1) is 19.0. The SMILES string of the molecule is CNCC(O)O[C@@H]1CC2(NC(=O)COc3ccc(Cl)c(F)c3)CCC1(NC(=O)COc1ccc(Cl)c(F)c1)CC2. The lowest BCUT2D eigenvalue weighted by atomic mass is 9.59. The van der Waals surface area contributed by atoms with Gasteiger partial charge in [-0.3, -0.25) is 9.59 Å². The molecule has 3 aliphatic carbocycles. The zero-order chi connectivity index (χ0) is 28.9. The molecule has 218 valence electrons. The van der Waals surface area contributed by atoms with Gasteiger partial charge in [0.15, 0.2) is 19.5 Å². The number of halogens is 4. The van der Waals surface area contributed by atoms with Crippen LogP contribution in [0, 0.1) is 11.6 Å². The van der Waals surface area contributed by atoms with Crippen LogP contribution in [-0.2, 0) is 14.3 Å². The van der Waals surface area contributed by atoms with E-state index in [1.165, 1.54) is 24.3 Å². The molecule has 2 amide bonds. The van der Waals surface area contributed by atoms with Crippen LogP contribution >= 0.6 is 23.2 Å². The van der Waals surface area contributed by atoms with Crippen molar-refractivity contribution < 1.29 is 37.7 Å². The van der Waals surface area contributed by atoms with E-state index < -0.39 is 46.9 Å². The fraction of sp³-hybridized carbons (Fsp3) is 0.481. The van der Waals surface area contributed by atoms with Crippen molar-refractivity contribution in [1.29, 1.82) is 0 Å².